The number of hydrogen-bond acceptors (Lipinski definition) is 7. The van der Waals surface area contributed by atoms with Gasteiger partial charge < -0.3 is 10.2 Å². The number of nitrogens with one attached hydrogen (secondary N) is 1. The van der Waals surface area contributed by atoms with E-state index < -0.39 is 9.84 Å². The second-order valence-electron chi connectivity index (χ2n) is 5.95. The molecular weight excluding hydrogens is 342 g/mol. The highest BCUT2D eigenvalue weighted by molar-refractivity contribution is 7.91. The first-order valence-electron chi connectivity index (χ1n) is 7.88. The topological polar surface area (TPSA) is 105 Å². The number of sulfone groups is 1. The highest BCUT2D eigenvalue weighted by atomic mass is 32.2. The Bertz CT molecular complexity index is 857. The number of pyridine rings is 1. The molecule has 1 unspecified atom stereocenters. The molecule has 0 aromatic carbocycles. The standard InChI is InChI=1S/C16H19N5O3S/c1-21(13-5-9-25(23,24)11-13)16-18-8-4-14(20-16)15(22)19-10-12-2-6-17-7-3-12/h2-4,6-8,13H,5,9-11H2,1H3,(H,19,22). The van der Waals surface area contributed by atoms with Crippen LogP contribution in [0.5, 0.6) is 0 Å². The van der Waals surface area contributed by atoms with Crippen molar-refractivity contribution < 1.29 is 13.2 Å². The molecule has 1 fully saturated rings. The van der Waals surface area contributed by atoms with Gasteiger partial charge in [-0.05, 0) is 30.2 Å². The van der Waals surface area contributed by atoms with E-state index in [1.54, 1.807) is 24.3 Å². The molecule has 0 bridgehead atoms. The zero-order chi connectivity index (χ0) is 17.9. The van der Waals surface area contributed by atoms with Crippen LogP contribution in [0.3, 0.4) is 0 Å². The summed E-state index contributed by atoms with van der Waals surface area (Å²) in [4.78, 5) is 26.4. The monoisotopic (exact) mass is 361 g/mol. The largest absolute Gasteiger partial charge is 0.347 e. The predicted molar refractivity (Wildman–Crippen MR) is 92.9 cm³/mol. The zero-order valence-electron chi connectivity index (χ0n) is 13.8. The fourth-order valence-corrected chi connectivity index (χ4v) is 4.44. The van der Waals surface area contributed by atoms with Gasteiger partial charge in [0.1, 0.15) is 5.69 Å². The van der Waals surface area contributed by atoms with Crippen LogP contribution in [0.15, 0.2) is 36.8 Å². The average molecular weight is 361 g/mol. The van der Waals surface area contributed by atoms with Gasteiger partial charge in [0, 0.05) is 38.2 Å². The Morgan fingerprint density at radius 3 is 2.72 bits per heavy atom. The summed E-state index contributed by atoms with van der Waals surface area (Å²) in [5, 5.41) is 2.79. The number of nitrogens with zero attached hydrogens (tertiary/aromatic N) is 4. The van der Waals surface area contributed by atoms with Crippen molar-refractivity contribution in [2.24, 2.45) is 0 Å². The minimum atomic E-state index is -3.00. The normalized spacial score (nSPS) is 18.7. The van der Waals surface area contributed by atoms with Gasteiger partial charge in [-0.15, -0.1) is 0 Å². The molecular formula is C16H19N5O3S. The number of rotatable bonds is 5. The molecule has 1 saturated heterocycles. The van der Waals surface area contributed by atoms with E-state index >= 15 is 0 Å². The van der Waals surface area contributed by atoms with Crippen molar-refractivity contribution >= 4 is 21.7 Å². The van der Waals surface area contributed by atoms with Crippen molar-refractivity contribution in [3.8, 4) is 0 Å². The van der Waals surface area contributed by atoms with Crippen LogP contribution in [0, 0.1) is 0 Å². The second-order valence-corrected chi connectivity index (χ2v) is 8.18. The molecule has 3 heterocycles. The highest BCUT2D eigenvalue weighted by Crippen LogP contribution is 2.20. The van der Waals surface area contributed by atoms with Crippen molar-refractivity contribution in [1.29, 1.82) is 0 Å². The molecule has 8 nitrogen and oxygen atoms in total. The number of carbonyl (C=O) groups is 1. The Balaban J connectivity index is 1.67. The Hall–Kier alpha value is -2.55. The summed E-state index contributed by atoms with van der Waals surface area (Å²) in [6.07, 6.45) is 5.37. The van der Waals surface area contributed by atoms with E-state index in [4.69, 9.17) is 0 Å². The molecule has 1 atom stereocenters. The molecule has 0 spiro atoms. The van der Waals surface area contributed by atoms with Crippen LogP contribution < -0.4 is 10.2 Å². The number of hydrogen-bond donors (Lipinski definition) is 1. The quantitative estimate of drug-likeness (QED) is 0.823. The van der Waals surface area contributed by atoms with Crippen LogP contribution in [-0.2, 0) is 16.4 Å². The minimum absolute atomic E-state index is 0.0886. The molecule has 25 heavy (non-hydrogen) atoms. The van der Waals surface area contributed by atoms with E-state index in [2.05, 4.69) is 20.3 Å². The van der Waals surface area contributed by atoms with E-state index in [9.17, 15) is 13.2 Å². The second kappa shape index (κ2) is 7.14. The predicted octanol–water partition coefficient (Wildman–Crippen LogP) is 0.425. The summed E-state index contributed by atoms with van der Waals surface area (Å²) in [7, 11) is -1.25. The molecule has 1 amide bonds. The molecule has 0 radical (unpaired) electrons. The van der Waals surface area contributed by atoms with E-state index in [0.29, 0.717) is 18.9 Å². The van der Waals surface area contributed by atoms with Crippen LogP contribution in [-0.4, -0.2) is 53.9 Å². The average Bonchev–Trinajstić information content (AvgIpc) is 3.00. The first kappa shape index (κ1) is 17.3. The SMILES string of the molecule is CN(c1nccc(C(=O)NCc2ccncc2)n1)C1CCS(=O)(=O)C1. The lowest BCUT2D eigenvalue weighted by atomic mass is 10.2. The van der Waals surface area contributed by atoms with Gasteiger partial charge >= 0.3 is 0 Å². The number of carbonyl (C=O) groups excluding carboxylic acids is 1. The van der Waals surface area contributed by atoms with Crippen LogP contribution in [0.1, 0.15) is 22.5 Å². The van der Waals surface area contributed by atoms with Crippen molar-refractivity contribution in [2.75, 3.05) is 23.5 Å². The summed E-state index contributed by atoms with van der Waals surface area (Å²) >= 11 is 0. The lowest BCUT2D eigenvalue weighted by Crippen LogP contribution is -2.34. The lowest BCUT2D eigenvalue weighted by Gasteiger charge is -2.23. The van der Waals surface area contributed by atoms with Gasteiger partial charge in [0.05, 0.1) is 11.5 Å². The molecule has 2 aromatic heterocycles. The van der Waals surface area contributed by atoms with Crippen LogP contribution in [0.25, 0.3) is 0 Å². The van der Waals surface area contributed by atoms with E-state index in [0.717, 1.165) is 5.56 Å². The van der Waals surface area contributed by atoms with E-state index in [-0.39, 0.29) is 29.1 Å². The molecule has 1 aliphatic heterocycles. The molecule has 9 heteroatoms. The number of anilines is 1. The Labute approximate surface area is 146 Å². The van der Waals surface area contributed by atoms with Crippen molar-refractivity contribution in [2.45, 2.75) is 19.0 Å². The fraction of sp³-hybridized carbons (Fsp3) is 0.375. The summed E-state index contributed by atoms with van der Waals surface area (Å²) in [5.41, 5.74) is 1.18. The third-order valence-electron chi connectivity index (χ3n) is 4.15. The first-order valence-corrected chi connectivity index (χ1v) is 9.70. The van der Waals surface area contributed by atoms with E-state index in [1.165, 1.54) is 12.3 Å². The van der Waals surface area contributed by atoms with Gasteiger partial charge in [-0.3, -0.25) is 9.78 Å². The van der Waals surface area contributed by atoms with E-state index in [1.807, 2.05) is 12.1 Å². The molecule has 0 saturated carbocycles. The van der Waals surface area contributed by atoms with Gasteiger partial charge in [-0.1, -0.05) is 0 Å². The Morgan fingerprint density at radius 2 is 2.04 bits per heavy atom. The smallest absolute Gasteiger partial charge is 0.270 e. The van der Waals surface area contributed by atoms with Crippen molar-refractivity contribution in [3.05, 3.63) is 48.0 Å². The number of amides is 1. The third kappa shape index (κ3) is 4.30. The molecule has 1 aliphatic rings. The fourth-order valence-electron chi connectivity index (χ4n) is 2.66. The van der Waals surface area contributed by atoms with Gasteiger partial charge in [0.15, 0.2) is 9.84 Å². The van der Waals surface area contributed by atoms with Crippen molar-refractivity contribution in [1.82, 2.24) is 20.3 Å². The van der Waals surface area contributed by atoms with Crippen LogP contribution in [0.2, 0.25) is 0 Å². The maximum absolute atomic E-state index is 12.3. The van der Waals surface area contributed by atoms with Crippen molar-refractivity contribution in [3.63, 3.8) is 0 Å². The van der Waals surface area contributed by atoms with Gasteiger partial charge in [-0.2, -0.15) is 0 Å². The summed E-state index contributed by atoms with van der Waals surface area (Å²) < 4.78 is 23.3. The minimum Gasteiger partial charge on any atom is -0.347 e. The molecule has 1 N–H and O–H groups in total. The maximum Gasteiger partial charge on any atom is 0.270 e. The summed E-state index contributed by atoms with van der Waals surface area (Å²) in [6, 6.07) is 5.00. The van der Waals surface area contributed by atoms with Gasteiger partial charge in [0.25, 0.3) is 5.91 Å². The Morgan fingerprint density at radius 1 is 1.28 bits per heavy atom. The van der Waals surface area contributed by atoms with Crippen LogP contribution >= 0.6 is 0 Å². The van der Waals surface area contributed by atoms with Gasteiger partial charge in [-0.25, -0.2) is 18.4 Å². The molecule has 0 aliphatic carbocycles. The summed E-state index contributed by atoms with van der Waals surface area (Å²) in [5.74, 6) is 0.297. The third-order valence-corrected chi connectivity index (χ3v) is 5.90. The summed E-state index contributed by atoms with van der Waals surface area (Å²) in [6.45, 7) is 0.372. The maximum atomic E-state index is 12.3. The number of aromatic nitrogens is 3. The van der Waals surface area contributed by atoms with Crippen LogP contribution in [0.4, 0.5) is 5.95 Å². The molecule has 2 aromatic rings. The first-order chi connectivity index (χ1) is 11.9. The molecule has 3 rings (SSSR count). The lowest BCUT2D eigenvalue weighted by molar-refractivity contribution is 0.0945. The zero-order valence-corrected chi connectivity index (χ0v) is 14.6. The molecule has 132 valence electrons. The Kier molecular flexibility index (Phi) is 4.93. The highest BCUT2D eigenvalue weighted by Gasteiger charge is 2.31. The van der Waals surface area contributed by atoms with Gasteiger partial charge in [0.2, 0.25) is 5.95 Å².